The number of likely N-dealkylation sites (N-methyl/N-ethyl adjacent to an activating group) is 1. The van der Waals surface area contributed by atoms with Crippen LogP contribution in [-0.4, -0.2) is 26.2 Å². The van der Waals surface area contributed by atoms with E-state index in [9.17, 15) is 0 Å². The molecule has 1 aromatic rings. The maximum atomic E-state index is 6.11. The van der Waals surface area contributed by atoms with E-state index in [0.717, 1.165) is 30.7 Å². The summed E-state index contributed by atoms with van der Waals surface area (Å²) >= 11 is 0. The van der Waals surface area contributed by atoms with Gasteiger partial charge in [-0.25, -0.2) is 0 Å². The summed E-state index contributed by atoms with van der Waals surface area (Å²) in [5, 5.41) is 0. The number of hydrogen-bond donors (Lipinski definition) is 1. The topological polar surface area (TPSA) is 38.5 Å². The quantitative estimate of drug-likeness (QED) is 0.842. The molecule has 1 aliphatic rings. The zero-order valence-corrected chi connectivity index (χ0v) is 10.3. The molecule has 3 nitrogen and oxygen atoms in total. The van der Waals surface area contributed by atoms with Crippen molar-refractivity contribution in [1.29, 1.82) is 0 Å². The van der Waals surface area contributed by atoms with Gasteiger partial charge in [-0.1, -0.05) is 0 Å². The van der Waals surface area contributed by atoms with E-state index in [0.29, 0.717) is 0 Å². The molecule has 0 radical (unpaired) electrons. The number of anilines is 1. The molecular weight excluding hydrogens is 200 g/mol. The SMILES string of the molecule is COc1ccc(N(C)CC2(N)CC2)cc1C. The molecule has 2 N–H and O–H groups in total. The van der Waals surface area contributed by atoms with Gasteiger partial charge in [-0.3, -0.25) is 0 Å². The van der Waals surface area contributed by atoms with Gasteiger partial charge in [0.05, 0.1) is 7.11 Å². The first-order chi connectivity index (χ1) is 7.54. The van der Waals surface area contributed by atoms with Gasteiger partial charge >= 0.3 is 0 Å². The summed E-state index contributed by atoms with van der Waals surface area (Å²) < 4.78 is 5.25. The Balaban J connectivity index is 2.11. The highest BCUT2D eigenvalue weighted by atomic mass is 16.5. The number of nitrogens with zero attached hydrogens (tertiary/aromatic N) is 1. The lowest BCUT2D eigenvalue weighted by Gasteiger charge is -2.23. The maximum absolute atomic E-state index is 6.11. The van der Waals surface area contributed by atoms with Crippen LogP contribution in [0.3, 0.4) is 0 Å². The molecule has 0 bridgehead atoms. The molecule has 1 aliphatic carbocycles. The third-order valence-electron chi connectivity index (χ3n) is 3.26. The van der Waals surface area contributed by atoms with Gasteiger partial charge in [0.15, 0.2) is 0 Å². The van der Waals surface area contributed by atoms with Crippen molar-refractivity contribution in [1.82, 2.24) is 0 Å². The van der Waals surface area contributed by atoms with E-state index in [2.05, 4.69) is 31.0 Å². The summed E-state index contributed by atoms with van der Waals surface area (Å²) in [6.07, 6.45) is 2.29. The highest BCUT2D eigenvalue weighted by Gasteiger charge is 2.39. The number of benzene rings is 1. The molecule has 2 rings (SSSR count). The average Bonchev–Trinajstić information content (AvgIpc) is 2.95. The summed E-state index contributed by atoms with van der Waals surface area (Å²) in [6.45, 7) is 2.99. The molecule has 3 heteroatoms. The summed E-state index contributed by atoms with van der Waals surface area (Å²) in [6, 6.07) is 6.24. The van der Waals surface area contributed by atoms with Crippen LogP contribution < -0.4 is 15.4 Å². The van der Waals surface area contributed by atoms with Gasteiger partial charge in [0.2, 0.25) is 0 Å². The Morgan fingerprint density at radius 1 is 1.44 bits per heavy atom. The third kappa shape index (κ3) is 2.30. The van der Waals surface area contributed by atoms with Gasteiger partial charge < -0.3 is 15.4 Å². The van der Waals surface area contributed by atoms with Crippen molar-refractivity contribution >= 4 is 5.69 Å². The second kappa shape index (κ2) is 3.98. The second-order valence-electron chi connectivity index (χ2n) is 4.87. The van der Waals surface area contributed by atoms with E-state index in [1.807, 2.05) is 6.07 Å². The minimum Gasteiger partial charge on any atom is -0.496 e. The molecule has 0 saturated heterocycles. The number of rotatable bonds is 4. The highest BCUT2D eigenvalue weighted by molar-refractivity contribution is 5.52. The smallest absolute Gasteiger partial charge is 0.121 e. The predicted molar refractivity (Wildman–Crippen MR) is 67.2 cm³/mol. The fraction of sp³-hybridized carbons (Fsp3) is 0.538. The molecule has 88 valence electrons. The molecule has 0 aromatic heterocycles. The average molecular weight is 220 g/mol. The first kappa shape index (κ1) is 11.3. The van der Waals surface area contributed by atoms with Crippen LogP contribution in [0.1, 0.15) is 18.4 Å². The fourth-order valence-corrected chi connectivity index (χ4v) is 1.98. The molecule has 16 heavy (non-hydrogen) atoms. The van der Waals surface area contributed by atoms with Gasteiger partial charge in [0.1, 0.15) is 5.75 Å². The highest BCUT2D eigenvalue weighted by Crippen LogP contribution is 2.34. The largest absolute Gasteiger partial charge is 0.496 e. The Labute approximate surface area is 97.2 Å². The van der Waals surface area contributed by atoms with Gasteiger partial charge in [-0.05, 0) is 43.5 Å². The minimum atomic E-state index is 0.0581. The van der Waals surface area contributed by atoms with Crippen LogP contribution in [-0.2, 0) is 0 Å². The van der Waals surface area contributed by atoms with Crippen LogP contribution in [0.15, 0.2) is 18.2 Å². The van der Waals surface area contributed by atoms with Gasteiger partial charge in [-0.15, -0.1) is 0 Å². The van der Waals surface area contributed by atoms with E-state index in [-0.39, 0.29) is 5.54 Å². The summed E-state index contributed by atoms with van der Waals surface area (Å²) in [7, 11) is 3.79. The van der Waals surface area contributed by atoms with E-state index in [1.165, 1.54) is 5.69 Å². The summed E-state index contributed by atoms with van der Waals surface area (Å²) in [5.74, 6) is 0.936. The lowest BCUT2D eigenvalue weighted by Crippen LogP contribution is -2.37. The van der Waals surface area contributed by atoms with Crippen LogP contribution in [0.25, 0.3) is 0 Å². The monoisotopic (exact) mass is 220 g/mol. The van der Waals surface area contributed by atoms with Crippen LogP contribution in [0.2, 0.25) is 0 Å². The number of methoxy groups -OCH3 is 1. The number of aryl methyl sites for hydroxylation is 1. The standard InChI is InChI=1S/C13H20N2O/c1-10-8-11(4-5-12(10)16-3)15(2)9-13(14)6-7-13/h4-5,8H,6-7,9,14H2,1-3H3. The zero-order valence-electron chi connectivity index (χ0n) is 10.3. The van der Waals surface area contributed by atoms with Crippen molar-refractivity contribution in [2.45, 2.75) is 25.3 Å². The molecule has 0 unspecified atom stereocenters. The number of hydrogen-bond acceptors (Lipinski definition) is 3. The minimum absolute atomic E-state index is 0.0581. The Morgan fingerprint density at radius 2 is 2.12 bits per heavy atom. The molecule has 0 atom stereocenters. The van der Waals surface area contributed by atoms with Gasteiger partial charge in [0, 0.05) is 24.8 Å². The van der Waals surface area contributed by atoms with Crippen molar-refractivity contribution in [3.63, 3.8) is 0 Å². The predicted octanol–water partition coefficient (Wildman–Crippen LogP) is 1.93. The Bertz CT molecular complexity index is 386. The number of nitrogens with two attached hydrogens (primary N) is 1. The Kier molecular flexibility index (Phi) is 2.80. The Morgan fingerprint density at radius 3 is 2.62 bits per heavy atom. The maximum Gasteiger partial charge on any atom is 0.121 e. The molecule has 0 aliphatic heterocycles. The molecule has 1 aromatic carbocycles. The Hall–Kier alpha value is -1.22. The van der Waals surface area contributed by atoms with Gasteiger partial charge in [0.25, 0.3) is 0 Å². The third-order valence-corrected chi connectivity index (χ3v) is 3.26. The molecular formula is C13H20N2O. The lowest BCUT2D eigenvalue weighted by atomic mass is 10.1. The molecule has 0 heterocycles. The molecule has 1 fully saturated rings. The number of ether oxygens (including phenoxy) is 1. The van der Waals surface area contributed by atoms with E-state index in [1.54, 1.807) is 7.11 Å². The van der Waals surface area contributed by atoms with Crippen LogP contribution in [0.5, 0.6) is 5.75 Å². The molecule has 1 saturated carbocycles. The van der Waals surface area contributed by atoms with Gasteiger partial charge in [-0.2, -0.15) is 0 Å². The van der Waals surface area contributed by atoms with E-state index >= 15 is 0 Å². The summed E-state index contributed by atoms with van der Waals surface area (Å²) in [4.78, 5) is 2.22. The van der Waals surface area contributed by atoms with E-state index in [4.69, 9.17) is 10.5 Å². The zero-order chi connectivity index (χ0) is 11.8. The normalized spacial score (nSPS) is 17.0. The first-order valence-corrected chi connectivity index (χ1v) is 5.69. The second-order valence-corrected chi connectivity index (χ2v) is 4.87. The van der Waals surface area contributed by atoms with Crippen LogP contribution in [0, 0.1) is 6.92 Å². The van der Waals surface area contributed by atoms with Crippen molar-refractivity contribution in [2.75, 3.05) is 25.6 Å². The lowest BCUT2D eigenvalue weighted by molar-refractivity contribution is 0.411. The van der Waals surface area contributed by atoms with E-state index < -0.39 is 0 Å². The van der Waals surface area contributed by atoms with Crippen LogP contribution in [0.4, 0.5) is 5.69 Å². The van der Waals surface area contributed by atoms with Crippen molar-refractivity contribution in [2.24, 2.45) is 5.73 Å². The van der Waals surface area contributed by atoms with Crippen molar-refractivity contribution in [3.8, 4) is 5.75 Å². The summed E-state index contributed by atoms with van der Waals surface area (Å²) in [5.41, 5.74) is 8.54. The van der Waals surface area contributed by atoms with Crippen molar-refractivity contribution in [3.05, 3.63) is 23.8 Å². The molecule has 0 amide bonds. The van der Waals surface area contributed by atoms with Crippen LogP contribution >= 0.6 is 0 Å². The van der Waals surface area contributed by atoms with Crippen molar-refractivity contribution < 1.29 is 4.74 Å². The first-order valence-electron chi connectivity index (χ1n) is 5.69. The fourth-order valence-electron chi connectivity index (χ4n) is 1.98. The molecule has 0 spiro atoms.